The third kappa shape index (κ3) is 5.66. The number of rotatable bonds is 4. The molecule has 3 heteroatoms. The van der Waals surface area contributed by atoms with Crippen molar-refractivity contribution in [2.24, 2.45) is 0 Å². The van der Waals surface area contributed by atoms with Gasteiger partial charge in [-0.25, -0.2) is 0 Å². The summed E-state index contributed by atoms with van der Waals surface area (Å²) in [6.07, 6.45) is 0. The van der Waals surface area contributed by atoms with Crippen LogP contribution in [0.5, 0.6) is 0 Å². The van der Waals surface area contributed by atoms with Gasteiger partial charge in [0.05, 0.1) is 10.7 Å². The molecule has 4 aromatic rings. The summed E-state index contributed by atoms with van der Waals surface area (Å²) in [7, 11) is 0. The topological polar surface area (TPSA) is 3.24 Å². The van der Waals surface area contributed by atoms with Crippen LogP contribution in [0.15, 0.2) is 95.5 Å². The monoisotopic (exact) mass is 545 g/mol. The Morgan fingerprint density at radius 1 is 0.600 bits per heavy atom. The minimum atomic E-state index is 0.0889. The van der Waals surface area contributed by atoms with E-state index in [1.54, 1.807) is 0 Å². The molecular formula is C32H33BrClN. The van der Waals surface area contributed by atoms with Crippen LogP contribution in [0, 0.1) is 0 Å². The maximum absolute atomic E-state index is 6.97. The Balaban J connectivity index is 1.91. The first-order chi connectivity index (χ1) is 16.4. The van der Waals surface area contributed by atoms with Crippen LogP contribution in [0.4, 0.5) is 17.1 Å². The Bertz CT molecular complexity index is 1240. The Kier molecular flexibility index (Phi) is 7.18. The van der Waals surface area contributed by atoms with Gasteiger partial charge >= 0.3 is 0 Å². The smallest absolute Gasteiger partial charge is 0.0789 e. The molecule has 4 rings (SSSR count). The summed E-state index contributed by atoms with van der Waals surface area (Å²) in [6.45, 7) is 13.4. The van der Waals surface area contributed by atoms with Crippen LogP contribution in [-0.2, 0) is 10.8 Å². The first kappa shape index (κ1) is 25.5. The average Bonchev–Trinajstić information content (AvgIpc) is 2.82. The van der Waals surface area contributed by atoms with E-state index in [1.807, 2.05) is 6.07 Å². The summed E-state index contributed by atoms with van der Waals surface area (Å²) in [5.74, 6) is 0. The first-order valence-electron chi connectivity index (χ1n) is 12.0. The van der Waals surface area contributed by atoms with Crippen molar-refractivity contribution in [2.45, 2.75) is 52.4 Å². The van der Waals surface area contributed by atoms with Crippen LogP contribution >= 0.6 is 27.5 Å². The number of halogens is 2. The van der Waals surface area contributed by atoms with E-state index in [0.29, 0.717) is 5.02 Å². The molecule has 180 valence electrons. The molecule has 0 radical (unpaired) electrons. The Hall–Kier alpha value is -2.55. The highest BCUT2D eigenvalue weighted by Crippen LogP contribution is 2.44. The average molecular weight is 547 g/mol. The Labute approximate surface area is 223 Å². The highest BCUT2D eigenvalue weighted by Gasteiger charge is 2.21. The number of hydrogen-bond donors (Lipinski definition) is 0. The van der Waals surface area contributed by atoms with Crippen molar-refractivity contribution in [3.8, 4) is 11.1 Å². The summed E-state index contributed by atoms with van der Waals surface area (Å²) in [4.78, 5) is 2.25. The molecule has 0 spiro atoms. The van der Waals surface area contributed by atoms with E-state index in [1.165, 1.54) is 11.1 Å². The van der Waals surface area contributed by atoms with Crippen molar-refractivity contribution >= 4 is 44.6 Å². The molecule has 0 saturated carbocycles. The van der Waals surface area contributed by atoms with E-state index >= 15 is 0 Å². The van der Waals surface area contributed by atoms with Gasteiger partial charge in [0.1, 0.15) is 0 Å². The van der Waals surface area contributed by atoms with Crippen LogP contribution in [0.1, 0.15) is 52.7 Å². The highest BCUT2D eigenvalue weighted by molar-refractivity contribution is 9.10. The third-order valence-corrected chi connectivity index (χ3v) is 7.59. The van der Waals surface area contributed by atoms with Crippen molar-refractivity contribution in [1.29, 1.82) is 0 Å². The van der Waals surface area contributed by atoms with E-state index in [2.05, 4.69) is 147 Å². The molecule has 35 heavy (non-hydrogen) atoms. The zero-order valence-corrected chi connectivity index (χ0v) is 23.7. The summed E-state index contributed by atoms with van der Waals surface area (Å²) >= 11 is 10.7. The van der Waals surface area contributed by atoms with E-state index in [0.717, 1.165) is 32.7 Å². The van der Waals surface area contributed by atoms with E-state index < -0.39 is 0 Å². The first-order valence-corrected chi connectivity index (χ1v) is 13.2. The van der Waals surface area contributed by atoms with Crippen molar-refractivity contribution in [1.82, 2.24) is 0 Å². The largest absolute Gasteiger partial charge is 0.309 e. The second-order valence-corrected chi connectivity index (χ2v) is 12.3. The molecule has 1 nitrogen and oxygen atoms in total. The van der Waals surface area contributed by atoms with Crippen LogP contribution in [-0.4, -0.2) is 0 Å². The van der Waals surface area contributed by atoms with Gasteiger partial charge in [-0.15, -0.1) is 0 Å². The minimum absolute atomic E-state index is 0.0889. The van der Waals surface area contributed by atoms with Crippen molar-refractivity contribution in [3.05, 3.63) is 112 Å². The van der Waals surface area contributed by atoms with Crippen LogP contribution in [0.2, 0.25) is 5.02 Å². The molecule has 0 N–H and O–H groups in total. The standard InChI is InChI=1S/C32H33BrClN/c1-31(2,3)24-12-16-26(17-13-24)35(27-18-14-25(15-19-27)32(4,5)6)29-21-23(20-28(33)30(29)34)22-10-8-7-9-11-22/h7-21H,1-6H3. The van der Waals surface area contributed by atoms with E-state index in [9.17, 15) is 0 Å². The molecule has 0 unspecified atom stereocenters. The zero-order chi connectivity index (χ0) is 25.4. The number of hydrogen-bond acceptors (Lipinski definition) is 1. The van der Waals surface area contributed by atoms with Gasteiger partial charge in [-0.1, -0.05) is 108 Å². The van der Waals surface area contributed by atoms with Gasteiger partial charge < -0.3 is 4.90 Å². The molecular weight excluding hydrogens is 514 g/mol. The lowest BCUT2D eigenvalue weighted by molar-refractivity contribution is 0.590. The van der Waals surface area contributed by atoms with Gasteiger partial charge in [0.2, 0.25) is 0 Å². The fourth-order valence-corrected chi connectivity index (χ4v) is 4.83. The minimum Gasteiger partial charge on any atom is -0.309 e. The number of nitrogens with zero attached hydrogens (tertiary/aromatic N) is 1. The maximum atomic E-state index is 6.97. The maximum Gasteiger partial charge on any atom is 0.0789 e. The van der Waals surface area contributed by atoms with Crippen molar-refractivity contribution in [2.75, 3.05) is 4.90 Å². The third-order valence-electron chi connectivity index (χ3n) is 6.34. The summed E-state index contributed by atoms with van der Waals surface area (Å²) in [6, 6.07) is 32.3. The fraction of sp³-hybridized carbons (Fsp3) is 0.250. The van der Waals surface area contributed by atoms with Gasteiger partial charge in [0.15, 0.2) is 0 Å². The molecule has 0 aliphatic heterocycles. The van der Waals surface area contributed by atoms with Crippen molar-refractivity contribution < 1.29 is 0 Å². The molecule has 4 aromatic carbocycles. The lowest BCUT2D eigenvalue weighted by atomic mass is 9.86. The second kappa shape index (κ2) is 9.84. The SMILES string of the molecule is CC(C)(C)c1ccc(N(c2ccc(C(C)(C)C)cc2)c2cc(-c3ccccc3)cc(Br)c2Cl)cc1. The molecule has 0 aliphatic carbocycles. The van der Waals surface area contributed by atoms with Gasteiger partial charge in [-0.3, -0.25) is 0 Å². The van der Waals surface area contributed by atoms with E-state index in [4.69, 9.17) is 11.6 Å². The molecule has 0 heterocycles. The molecule has 0 fully saturated rings. The van der Waals surface area contributed by atoms with Crippen LogP contribution in [0.25, 0.3) is 11.1 Å². The molecule has 0 saturated heterocycles. The predicted molar refractivity (Wildman–Crippen MR) is 157 cm³/mol. The Morgan fingerprint density at radius 3 is 1.49 bits per heavy atom. The number of benzene rings is 4. The van der Waals surface area contributed by atoms with Crippen molar-refractivity contribution in [3.63, 3.8) is 0 Å². The summed E-state index contributed by atoms with van der Waals surface area (Å²) in [5, 5.41) is 0.685. The van der Waals surface area contributed by atoms with Crippen LogP contribution in [0.3, 0.4) is 0 Å². The second-order valence-electron chi connectivity index (χ2n) is 11.1. The lowest BCUT2D eigenvalue weighted by Gasteiger charge is -2.29. The quantitative estimate of drug-likeness (QED) is 0.246. The van der Waals surface area contributed by atoms with E-state index in [-0.39, 0.29) is 10.8 Å². The number of anilines is 3. The van der Waals surface area contributed by atoms with Gasteiger partial charge in [-0.05, 0) is 85.4 Å². The van der Waals surface area contributed by atoms with Gasteiger partial charge in [0.25, 0.3) is 0 Å². The van der Waals surface area contributed by atoms with Gasteiger partial charge in [-0.2, -0.15) is 0 Å². The molecule has 0 amide bonds. The Morgan fingerprint density at radius 2 is 1.06 bits per heavy atom. The summed E-state index contributed by atoms with van der Waals surface area (Å²) < 4.78 is 0.873. The fourth-order valence-electron chi connectivity index (χ4n) is 4.18. The normalized spacial score (nSPS) is 12.0. The predicted octanol–water partition coefficient (Wildman–Crippen LogP) is 10.8. The molecule has 0 atom stereocenters. The van der Waals surface area contributed by atoms with Crippen LogP contribution < -0.4 is 4.90 Å². The van der Waals surface area contributed by atoms with Gasteiger partial charge in [0, 0.05) is 15.8 Å². The summed E-state index contributed by atoms with van der Waals surface area (Å²) in [5.41, 5.74) is 8.12. The lowest BCUT2D eigenvalue weighted by Crippen LogP contribution is -2.14. The molecule has 0 bridgehead atoms. The highest BCUT2D eigenvalue weighted by atomic mass is 79.9. The zero-order valence-electron chi connectivity index (χ0n) is 21.4. The molecule has 0 aromatic heterocycles. The molecule has 0 aliphatic rings.